The van der Waals surface area contributed by atoms with Gasteiger partial charge in [-0.1, -0.05) is 0 Å². The number of ketones is 2. The Morgan fingerprint density at radius 1 is 0.800 bits per heavy atom. The standard InChI is InChI=1S/C4H6O2.Al.3ClH/c1-3(5)4(2)6;;;;/h1-2H3;;3*1H/q;+3;;;/p-3. The van der Waals surface area contributed by atoms with Crippen LogP contribution in [0.5, 0.6) is 0 Å². The first-order chi connectivity index (χ1) is 2.64. The van der Waals surface area contributed by atoms with Gasteiger partial charge >= 0.3 is 17.4 Å². The first-order valence-corrected chi connectivity index (χ1v) is 1.66. The van der Waals surface area contributed by atoms with Crippen LogP contribution >= 0.6 is 0 Å². The third-order valence-electron chi connectivity index (χ3n) is 0.496. The van der Waals surface area contributed by atoms with Gasteiger partial charge in [-0.3, -0.25) is 9.59 Å². The Morgan fingerprint density at radius 3 is 0.900 bits per heavy atom. The molecule has 6 heteroatoms. The van der Waals surface area contributed by atoms with E-state index in [4.69, 9.17) is 0 Å². The second-order valence-electron chi connectivity index (χ2n) is 1.11. The van der Waals surface area contributed by atoms with Gasteiger partial charge < -0.3 is 37.2 Å². The summed E-state index contributed by atoms with van der Waals surface area (Å²) in [5, 5.41) is 0. The van der Waals surface area contributed by atoms with Gasteiger partial charge in [0.1, 0.15) is 0 Å². The van der Waals surface area contributed by atoms with Gasteiger partial charge in [0.25, 0.3) is 0 Å². The van der Waals surface area contributed by atoms with Gasteiger partial charge in [0.15, 0.2) is 11.6 Å². The summed E-state index contributed by atoms with van der Waals surface area (Å²) in [4.78, 5) is 19.6. The topological polar surface area (TPSA) is 34.1 Å². The molecule has 0 unspecified atom stereocenters. The van der Waals surface area contributed by atoms with Gasteiger partial charge in [-0.05, 0) is 0 Å². The van der Waals surface area contributed by atoms with Crippen LogP contribution in [0.3, 0.4) is 0 Å². The van der Waals surface area contributed by atoms with Crippen molar-refractivity contribution in [1.29, 1.82) is 0 Å². The molecule has 0 aliphatic heterocycles. The van der Waals surface area contributed by atoms with Crippen molar-refractivity contribution in [2.24, 2.45) is 0 Å². The van der Waals surface area contributed by atoms with Crippen LogP contribution < -0.4 is 37.2 Å². The molecular formula is C4H6AlCl3O2. The van der Waals surface area contributed by atoms with Gasteiger partial charge in [0, 0.05) is 13.8 Å². The molecule has 0 aromatic carbocycles. The van der Waals surface area contributed by atoms with Crippen LogP contribution in [0.1, 0.15) is 13.8 Å². The summed E-state index contributed by atoms with van der Waals surface area (Å²) in [7, 11) is 0. The molecular weight excluding hydrogens is 213 g/mol. The SMILES string of the molecule is CC(=O)C(C)=O.[Al+3].[Cl-].[Cl-].[Cl-]. The Bertz CT molecular complexity index is 84.5. The van der Waals surface area contributed by atoms with E-state index < -0.39 is 0 Å². The smallest absolute Gasteiger partial charge is 1.00 e. The number of hydrogen-bond donors (Lipinski definition) is 0. The van der Waals surface area contributed by atoms with Crippen molar-refractivity contribution in [2.45, 2.75) is 13.8 Å². The van der Waals surface area contributed by atoms with Gasteiger partial charge in [-0.25, -0.2) is 0 Å². The van der Waals surface area contributed by atoms with Crippen molar-refractivity contribution < 1.29 is 46.8 Å². The second kappa shape index (κ2) is 16.4. The third kappa shape index (κ3) is 23.3. The van der Waals surface area contributed by atoms with Gasteiger partial charge in [-0.15, -0.1) is 0 Å². The van der Waals surface area contributed by atoms with Gasteiger partial charge in [0.2, 0.25) is 0 Å². The van der Waals surface area contributed by atoms with Crippen LogP contribution in [0.15, 0.2) is 0 Å². The minimum absolute atomic E-state index is 0. The van der Waals surface area contributed by atoms with E-state index in [0.29, 0.717) is 0 Å². The molecule has 0 radical (unpaired) electrons. The summed E-state index contributed by atoms with van der Waals surface area (Å²) in [6.45, 7) is 2.50. The third-order valence-corrected chi connectivity index (χ3v) is 0.496. The molecule has 0 saturated heterocycles. The van der Waals surface area contributed by atoms with Crippen LogP contribution in [0, 0.1) is 0 Å². The van der Waals surface area contributed by atoms with E-state index in [1.165, 1.54) is 13.8 Å². The summed E-state index contributed by atoms with van der Waals surface area (Å²) in [5.74, 6) is -0.759. The van der Waals surface area contributed by atoms with E-state index in [2.05, 4.69) is 0 Å². The predicted octanol–water partition coefficient (Wildman–Crippen LogP) is -9.20. The van der Waals surface area contributed by atoms with E-state index in [1.807, 2.05) is 0 Å². The van der Waals surface area contributed by atoms with Crippen molar-refractivity contribution in [3.8, 4) is 0 Å². The molecule has 0 aliphatic rings. The molecule has 0 amide bonds. The summed E-state index contributed by atoms with van der Waals surface area (Å²) >= 11 is 0. The van der Waals surface area contributed by atoms with Crippen molar-refractivity contribution in [2.75, 3.05) is 0 Å². The monoisotopic (exact) mass is 218 g/mol. The molecule has 0 aromatic heterocycles. The second-order valence-corrected chi connectivity index (χ2v) is 1.11. The summed E-state index contributed by atoms with van der Waals surface area (Å²) in [6, 6.07) is 0. The Kier molecular flexibility index (Phi) is 50.6. The first kappa shape index (κ1) is 30.9. The van der Waals surface area contributed by atoms with E-state index in [-0.39, 0.29) is 66.1 Å². The number of carbonyl (C=O) groups excluding carboxylic acids is 2. The number of carbonyl (C=O) groups is 2. The largest absolute Gasteiger partial charge is 3.00 e. The maximum atomic E-state index is 9.79. The van der Waals surface area contributed by atoms with E-state index >= 15 is 0 Å². The average Bonchev–Trinajstić information content (AvgIpc) is 1.36. The van der Waals surface area contributed by atoms with Gasteiger partial charge in [0.05, 0.1) is 0 Å². The molecule has 0 aromatic rings. The normalized spacial score (nSPS) is 4.60. The average molecular weight is 219 g/mol. The zero-order valence-corrected chi connectivity index (χ0v) is 8.95. The van der Waals surface area contributed by atoms with E-state index in [1.54, 1.807) is 0 Å². The predicted molar refractivity (Wildman–Crippen MR) is 27.1 cm³/mol. The molecule has 0 spiro atoms. The molecule has 58 valence electrons. The zero-order valence-electron chi connectivity index (χ0n) is 5.53. The summed E-state index contributed by atoms with van der Waals surface area (Å²) < 4.78 is 0. The van der Waals surface area contributed by atoms with Gasteiger partial charge in [-0.2, -0.15) is 0 Å². The minimum atomic E-state index is -0.380. The maximum Gasteiger partial charge on any atom is 3.00 e. The summed E-state index contributed by atoms with van der Waals surface area (Å²) in [6.07, 6.45) is 0. The van der Waals surface area contributed by atoms with Crippen molar-refractivity contribution in [3.05, 3.63) is 0 Å². The van der Waals surface area contributed by atoms with Crippen molar-refractivity contribution >= 4 is 28.9 Å². The maximum absolute atomic E-state index is 9.79. The summed E-state index contributed by atoms with van der Waals surface area (Å²) in [5.41, 5.74) is 0. The van der Waals surface area contributed by atoms with Crippen LogP contribution in [0.4, 0.5) is 0 Å². The molecule has 2 nitrogen and oxygen atoms in total. The minimum Gasteiger partial charge on any atom is -1.00 e. The number of hydrogen-bond acceptors (Lipinski definition) is 2. The zero-order chi connectivity index (χ0) is 5.15. The van der Waals surface area contributed by atoms with Crippen LogP contribution in [-0.2, 0) is 9.59 Å². The van der Waals surface area contributed by atoms with Crippen LogP contribution in [-0.4, -0.2) is 28.9 Å². The quantitative estimate of drug-likeness (QED) is 0.324. The Labute approximate surface area is 89.5 Å². The molecule has 0 N–H and O–H groups in total. The molecule has 0 heterocycles. The van der Waals surface area contributed by atoms with Crippen molar-refractivity contribution in [1.82, 2.24) is 0 Å². The molecule has 0 bridgehead atoms. The van der Waals surface area contributed by atoms with E-state index in [0.717, 1.165) is 0 Å². The fourth-order valence-corrected chi connectivity index (χ4v) is 0. The number of rotatable bonds is 1. The van der Waals surface area contributed by atoms with Crippen LogP contribution in [0.25, 0.3) is 0 Å². The molecule has 0 aliphatic carbocycles. The van der Waals surface area contributed by atoms with Crippen LogP contribution in [0.2, 0.25) is 0 Å². The Hall–Kier alpha value is 0.742. The molecule has 0 saturated carbocycles. The fourth-order valence-electron chi connectivity index (χ4n) is 0. The number of Topliss-reactive ketones (excluding diaryl/α,β-unsaturated/α-hetero) is 2. The number of halogens is 3. The molecule has 0 fully saturated rings. The Balaban J connectivity index is -0.0000000208. The first-order valence-electron chi connectivity index (χ1n) is 1.66. The molecule has 0 rings (SSSR count). The molecule has 10 heavy (non-hydrogen) atoms. The molecule has 0 atom stereocenters. The fraction of sp³-hybridized carbons (Fsp3) is 0.500. The van der Waals surface area contributed by atoms with Crippen molar-refractivity contribution in [3.63, 3.8) is 0 Å². The van der Waals surface area contributed by atoms with E-state index in [9.17, 15) is 9.59 Å². The Morgan fingerprint density at radius 2 is 0.900 bits per heavy atom.